The summed E-state index contributed by atoms with van der Waals surface area (Å²) in [4.78, 5) is 0. The Morgan fingerprint density at radius 3 is 2.80 bits per heavy atom. The van der Waals surface area contributed by atoms with Gasteiger partial charge in [0, 0.05) is 6.54 Å². The molecule has 1 aliphatic heterocycles. The van der Waals surface area contributed by atoms with Gasteiger partial charge in [0.2, 0.25) is 0 Å². The molecular formula is C17H24ClNO. The summed E-state index contributed by atoms with van der Waals surface area (Å²) in [7, 11) is 0. The number of rotatable bonds is 3. The molecule has 1 aliphatic carbocycles. The van der Waals surface area contributed by atoms with E-state index in [4.69, 9.17) is 16.3 Å². The van der Waals surface area contributed by atoms with E-state index in [1.165, 1.54) is 50.5 Å². The quantitative estimate of drug-likeness (QED) is 0.852. The predicted octanol–water partition coefficient (Wildman–Crippen LogP) is 4.94. The summed E-state index contributed by atoms with van der Waals surface area (Å²) in [6.45, 7) is 2.92. The van der Waals surface area contributed by atoms with Crippen LogP contribution in [-0.2, 0) is 4.74 Å². The monoisotopic (exact) mass is 293 g/mol. The molecule has 1 atom stereocenters. The molecule has 3 rings (SSSR count). The SMILES string of the molecule is Cc1ccc(NCC2CCC3(CCCCC3)O2)c(Cl)c1. The smallest absolute Gasteiger partial charge is 0.0756 e. The fourth-order valence-electron chi connectivity index (χ4n) is 3.59. The average molecular weight is 294 g/mol. The van der Waals surface area contributed by atoms with Crippen LogP contribution in [0.3, 0.4) is 0 Å². The summed E-state index contributed by atoms with van der Waals surface area (Å²) >= 11 is 6.25. The molecule has 1 heterocycles. The van der Waals surface area contributed by atoms with E-state index in [-0.39, 0.29) is 5.60 Å². The highest BCUT2D eigenvalue weighted by Gasteiger charge is 2.40. The Balaban J connectivity index is 1.54. The van der Waals surface area contributed by atoms with Crippen LogP contribution in [0.5, 0.6) is 0 Å². The van der Waals surface area contributed by atoms with E-state index in [1.807, 2.05) is 6.07 Å². The molecule has 3 heteroatoms. The second-order valence-electron chi connectivity index (χ2n) is 6.39. The van der Waals surface area contributed by atoms with Crippen LogP contribution in [0.25, 0.3) is 0 Å². The van der Waals surface area contributed by atoms with Crippen molar-refractivity contribution in [2.24, 2.45) is 0 Å². The number of hydrogen-bond donors (Lipinski definition) is 1. The lowest BCUT2D eigenvalue weighted by Gasteiger charge is -2.33. The third kappa shape index (κ3) is 3.12. The van der Waals surface area contributed by atoms with Gasteiger partial charge in [0.1, 0.15) is 0 Å². The molecular weight excluding hydrogens is 270 g/mol. The maximum atomic E-state index is 6.37. The van der Waals surface area contributed by atoms with Crippen LogP contribution in [0.4, 0.5) is 5.69 Å². The normalized spacial score (nSPS) is 25.0. The Kier molecular flexibility index (Phi) is 4.23. The van der Waals surface area contributed by atoms with Gasteiger partial charge in [0.25, 0.3) is 0 Å². The zero-order chi connectivity index (χ0) is 14.0. The molecule has 1 saturated heterocycles. The van der Waals surface area contributed by atoms with Crippen LogP contribution in [-0.4, -0.2) is 18.2 Å². The van der Waals surface area contributed by atoms with Crippen molar-refractivity contribution in [3.63, 3.8) is 0 Å². The zero-order valence-corrected chi connectivity index (χ0v) is 13.0. The van der Waals surface area contributed by atoms with E-state index < -0.39 is 0 Å². The van der Waals surface area contributed by atoms with Crippen LogP contribution >= 0.6 is 11.6 Å². The van der Waals surface area contributed by atoms with Crippen LogP contribution in [0.15, 0.2) is 18.2 Å². The number of halogens is 1. The van der Waals surface area contributed by atoms with Crippen molar-refractivity contribution in [2.75, 3.05) is 11.9 Å². The van der Waals surface area contributed by atoms with E-state index >= 15 is 0 Å². The lowest BCUT2D eigenvalue weighted by molar-refractivity contribution is -0.0588. The first-order valence-corrected chi connectivity index (χ1v) is 8.23. The number of hydrogen-bond acceptors (Lipinski definition) is 2. The highest BCUT2D eigenvalue weighted by molar-refractivity contribution is 6.33. The summed E-state index contributed by atoms with van der Waals surface area (Å²) in [5.74, 6) is 0. The van der Waals surface area contributed by atoms with Crippen molar-refractivity contribution in [2.45, 2.75) is 63.6 Å². The van der Waals surface area contributed by atoms with Gasteiger partial charge < -0.3 is 10.1 Å². The van der Waals surface area contributed by atoms with Crippen LogP contribution in [0.1, 0.15) is 50.5 Å². The van der Waals surface area contributed by atoms with E-state index in [1.54, 1.807) is 0 Å². The Labute approximate surface area is 126 Å². The van der Waals surface area contributed by atoms with Gasteiger partial charge in [-0.1, -0.05) is 36.9 Å². The molecule has 20 heavy (non-hydrogen) atoms. The van der Waals surface area contributed by atoms with Gasteiger partial charge in [0.15, 0.2) is 0 Å². The maximum Gasteiger partial charge on any atom is 0.0756 e. The van der Waals surface area contributed by atoms with E-state index in [9.17, 15) is 0 Å². The minimum atomic E-state index is 0.210. The molecule has 110 valence electrons. The number of aryl methyl sites for hydroxylation is 1. The van der Waals surface area contributed by atoms with Gasteiger partial charge in [-0.15, -0.1) is 0 Å². The van der Waals surface area contributed by atoms with Gasteiger partial charge in [-0.05, 0) is 50.3 Å². The molecule has 2 nitrogen and oxygen atoms in total. The summed E-state index contributed by atoms with van der Waals surface area (Å²) < 4.78 is 6.37. The molecule has 1 spiro atoms. The van der Waals surface area contributed by atoms with Gasteiger partial charge in [-0.25, -0.2) is 0 Å². The molecule has 2 fully saturated rings. The standard InChI is InChI=1S/C17H24ClNO/c1-13-5-6-16(15(18)11-13)19-12-14-7-10-17(20-14)8-3-2-4-9-17/h5-6,11,14,19H,2-4,7-10,12H2,1H3. The molecule has 1 saturated carbocycles. The number of benzene rings is 1. The van der Waals surface area contributed by atoms with E-state index in [0.29, 0.717) is 6.10 Å². The van der Waals surface area contributed by atoms with Crippen molar-refractivity contribution >= 4 is 17.3 Å². The summed E-state index contributed by atoms with van der Waals surface area (Å²) in [5.41, 5.74) is 2.42. The molecule has 1 aromatic carbocycles. The Morgan fingerprint density at radius 1 is 1.25 bits per heavy atom. The molecule has 0 radical (unpaired) electrons. The number of ether oxygens (including phenoxy) is 1. The van der Waals surface area contributed by atoms with Crippen molar-refractivity contribution in [3.8, 4) is 0 Å². The molecule has 1 N–H and O–H groups in total. The molecule has 0 aromatic heterocycles. The highest BCUT2D eigenvalue weighted by atomic mass is 35.5. The first-order chi connectivity index (χ1) is 9.67. The highest BCUT2D eigenvalue weighted by Crippen LogP contribution is 2.41. The van der Waals surface area contributed by atoms with Gasteiger partial charge in [-0.2, -0.15) is 0 Å². The minimum Gasteiger partial charge on any atom is -0.381 e. The zero-order valence-electron chi connectivity index (χ0n) is 12.3. The molecule has 0 amide bonds. The van der Waals surface area contributed by atoms with Crippen LogP contribution in [0.2, 0.25) is 5.02 Å². The fourth-order valence-corrected chi connectivity index (χ4v) is 3.89. The van der Waals surface area contributed by atoms with Gasteiger partial charge >= 0.3 is 0 Å². The van der Waals surface area contributed by atoms with Crippen LogP contribution < -0.4 is 5.32 Å². The second kappa shape index (κ2) is 5.95. The summed E-state index contributed by atoms with van der Waals surface area (Å²) in [5, 5.41) is 4.25. The van der Waals surface area contributed by atoms with Gasteiger partial charge in [0.05, 0.1) is 22.4 Å². The van der Waals surface area contributed by atoms with Crippen molar-refractivity contribution in [1.82, 2.24) is 0 Å². The average Bonchev–Trinajstić information content (AvgIpc) is 2.82. The van der Waals surface area contributed by atoms with E-state index in [2.05, 4.69) is 24.4 Å². The predicted molar refractivity (Wildman–Crippen MR) is 84.6 cm³/mol. The largest absolute Gasteiger partial charge is 0.381 e. The summed E-state index contributed by atoms with van der Waals surface area (Å²) in [6.07, 6.45) is 9.33. The van der Waals surface area contributed by atoms with Crippen molar-refractivity contribution in [3.05, 3.63) is 28.8 Å². The van der Waals surface area contributed by atoms with Gasteiger partial charge in [-0.3, -0.25) is 0 Å². The molecule has 1 aromatic rings. The lowest BCUT2D eigenvalue weighted by Crippen LogP contribution is -2.33. The number of anilines is 1. The first kappa shape index (κ1) is 14.2. The summed E-state index contributed by atoms with van der Waals surface area (Å²) in [6, 6.07) is 6.15. The van der Waals surface area contributed by atoms with E-state index in [0.717, 1.165) is 17.3 Å². The second-order valence-corrected chi connectivity index (χ2v) is 6.79. The third-order valence-electron chi connectivity index (χ3n) is 4.75. The Bertz CT molecular complexity index is 468. The molecule has 0 bridgehead atoms. The van der Waals surface area contributed by atoms with Crippen LogP contribution in [0, 0.1) is 6.92 Å². The molecule has 1 unspecified atom stereocenters. The molecule has 2 aliphatic rings. The van der Waals surface area contributed by atoms with Crippen molar-refractivity contribution in [1.29, 1.82) is 0 Å². The Hall–Kier alpha value is -0.730. The first-order valence-electron chi connectivity index (χ1n) is 7.85. The number of nitrogens with one attached hydrogen (secondary N) is 1. The lowest BCUT2D eigenvalue weighted by atomic mass is 9.83. The minimum absolute atomic E-state index is 0.210. The topological polar surface area (TPSA) is 21.3 Å². The Morgan fingerprint density at radius 2 is 2.05 bits per heavy atom. The third-order valence-corrected chi connectivity index (χ3v) is 5.06. The fraction of sp³-hybridized carbons (Fsp3) is 0.647. The maximum absolute atomic E-state index is 6.37. The van der Waals surface area contributed by atoms with Crippen molar-refractivity contribution < 1.29 is 4.74 Å².